The number of para-hydroxylation sites is 1. The largest absolute Gasteiger partial charge is 0.404 e. The summed E-state index contributed by atoms with van der Waals surface area (Å²) in [6.45, 7) is 2.98. The van der Waals surface area contributed by atoms with E-state index < -0.39 is 42.3 Å². The number of nitrogens with one attached hydrogen (secondary N) is 2. The van der Waals surface area contributed by atoms with Gasteiger partial charge in [-0.25, -0.2) is 27.9 Å². The van der Waals surface area contributed by atoms with Crippen molar-refractivity contribution in [1.82, 2.24) is 34.6 Å². The molecule has 5 atom stereocenters. The standard InChI is InChI=1S/C45H56F3N11O6/c1-56-40-30(3-2-4-34(40)59(45(56)63)35-9-10-38(60)55-44(35)62)25-15-28(16-25)65-36-12-14-57(22-32(36)46)20-24-5-7-26(8-6-24)52-19-33(39(50)41(47)48)53-43(61)31(18-49)42-51-13-11-37(54-42)58-21-29-17-27(58)23-64-29/h2-4,11,13,18-19,24-29,32,35-36,41H,5-10,12,14-17,20-23,49-50H2,1H3,(H,53,61)(H,55,60,62)/b31-18+,39-33+,52-19?/t24?,25?,26?,27-,28?,29-,32-,35?,36-/m1/s1. The Kier molecular flexibility index (Phi) is 12.8. The van der Waals surface area contributed by atoms with E-state index in [9.17, 15) is 28.0 Å². The minimum atomic E-state index is -3.04. The fourth-order valence-corrected chi connectivity index (χ4v) is 10.5. The van der Waals surface area contributed by atoms with Crippen molar-refractivity contribution in [1.29, 1.82) is 0 Å². The van der Waals surface area contributed by atoms with Gasteiger partial charge in [0.1, 0.15) is 23.7 Å². The summed E-state index contributed by atoms with van der Waals surface area (Å²) < 4.78 is 58.5. The van der Waals surface area contributed by atoms with Crippen LogP contribution >= 0.6 is 0 Å². The van der Waals surface area contributed by atoms with Crippen LogP contribution in [0.25, 0.3) is 16.6 Å². The molecule has 4 saturated heterocycles. The van der Waals surface area contributed by atoms with Crippen LogP contribution in [-0.2, 0) is 30.9 Å². The van der Waals surface area contributed by atoms with Crippen LogP contribution in [0.4, 0.5) is 19.0 Å². The second-order valence-electron chi connectivity index (χ2n) is 18.3. The molecule has 6 N–H and O–H groups in total. The molecule has 1 aromatic carbocycles. The number of aryl methyl sites for hydroxylation is 1. The highest BCUT2D eigenvalue weighted by Crippen LogP contribution is 2.43. The molecule has 3 amide bonds. The SMILES string of the molecule is Cn1c(=O)n(C2CCC(=O)NC2=O)c2cccc(C3CC(O[C@@H]4CCN(CC5CCC(N=C/C(NC(=O)/C(=C/N)c6nccc(N7C[C@H]8C[C@@H]7CO8)n6)=C(\N)C(F)F)CC5)C[C@H]4F)C3)c21. The van der Waals surface area contributed by atoms with Gasteiger partial charge in [0.05, 0.1) is 59.3 Å². The highest BCUT2D eigenvalue weighted by atomic mass is 19.3. The zero-order valence-corrected chi connectivity index (χ0v) is 36.3. The zero-order valence-electron chi connectivity index (χ0n) is 36.3. The molecule has 6 fully saturated rings. The number of likely N-dealkylation sites (tertiary alicyclic amines) is 1. The van der Waals surface area contributed by atoms with Crippen LogP contribution in [0, 0.1) is 5.92 Å². The second kappa shape index (κ2) is 18.7. The molecule has 1 unspecified atom stereocenters. The molecule has 9 rings (SSSR count). The summed E-state index contributed by atoms with van der Waals surface area (Å²) in [5, 5.41) is 4.82. The summed E-state index contributed by atoms with van der Waals surface area (Å²) in [4.78, 5) is 68.8. The molecular weight excluding hydrogens is 848 g/mol. The number of rotatable bonds is 13. The molecule has 0 radical (unpaired) electrons. The zero-order chi connectivity index (χ0) is 45.5. The number of aromatic nitrogens is 4. The Morgan fingerprint density at radius 1 is 1.09 bits per heavy atom. The van der Waals surface area contributed by atoms with Crippen molar-refractivity contribution < 1.29 is 37.0 Å². The van der Waals surface area contributed by atoms with Crippen molar-refractivity contribution >= 4 is 46.4 Å². The molecule has 65 heavy (non-hydrogen) atoms. The number of imide groups is 1. The fraction of sp³-hybridized carbons (Fsp3) is 0.578. The van der Waals surface area contributed by atoms with E-state index in [1.165, 1.54) is 17.0 Å². The number of benzene rings is 1. The van der Waals surface area contributed by atoms with Gasteiger partial charge < -0.3 is 31.2 Å². The normalized spacial score (nSPS) is 30.3. The van der Waals surface area contributed by atoms with Crippen LogP contribution in [0.5, 0.6) is 0 Å². The summed E-state index contributed by atoms with van der Waals surface area (Å²) >= 11 is 0. The Morgan fingerprint density at radius 3 is 2.58 bits per heavy atom. The lowest BCUT2D eigenvalue weighted by atomic mass is 9.76. The van der Waals surface area contributed by atoms with Crippen LogP contribution in [0.2, 0.25) is 0 Å². The van der Waals surface area contributed by atoms with Gasteiger partial charge in [0.25, 0.3) is 12.3 Å². The van der Waals surface area contributed by atoms with Gasteiger partial charge in [-0.15, -0.1) is 0 Å². The van der Waals surface area contributed by atoms with E-state index in [-0.39, 0.29) is 78.3 Å². The van der Waals surface area contributed by atoms with Crippen LogP contribution in [-0.4, -0.2) is 124 Å². The number of alkyl halides is 3. The molecule has 2 aromatic heterocycles. The van der Waals surface area contributed by atoms with Gasteiger partial charge in [0.15, 0.2) is 5.82 Å². The first kappa shape index (κ1) is 44.6. The van der Waals surface area contributed by atoms with Crippen molar-refractivity contribution in [2.45, 2.75) is 119 Å². The number of aliphatic imine (C=N–C) groups is 1. The van der Waals surface area contributed by atoms with Crippen LogP contribution < -0.4 is 32.7 Å². The van der Waals surface area contributed by atoms with E-state index in [0.717, 1.165) is 43.1 Å². The monoisotopic (exact) mass is 903 g/mol. The summed E-state index contributed by atoms with van der Waals surface area (Å²) in [6.07, 6.45) is 5.40. The first-order chi connectivity index (χ1) is 31.3. The number of allylic oxidation sites excluding steroid dienone is 2. The van der Waals surface area contributed by atoms with Crippen LogP contribution in [0.1, 0.15) is 87.6 Å². The third-order valence-electron chi connectivity index (χ3n) is 14.2. The van der Waals surface area contributed by atoms with Gasteiger partial charge in [0, 0.05) is 58.3 Å². The van der Waals surface area contributed by atoms with Crippen LogP contribution in [0.15, 0.2) is 57.8 Å². The fourth-order valence-electron chi connectivity index (χ4n) is 10.5. The van der Waals surface area contributed by atoms with Gasteiger partial charge in [-0.2, -0.15) is 0 Å². The first-order valence-electron chi connectivity index (χ1n) is 22.7. The highest BCUT2D eigenvalue weighted by molar-refractivity contribution is 6.19. The van der Waals surface area contributed by atoms with E-state index >= 15 is 4.39 Å². The maximum Gasteiger partial charge on any atom is 0.329 e. The van der Waals surface area contributed by atoms with Crippen molar-refractivity contribution in [2.75, 3.05) is 37.7 Å². The molecule has 17 nitrogen and oxygen atoms in total. The quantitative estimate of drug-likeness (QED) is 0.111. The molecule has 2 aliphatic carbocycles. The molecule has 6 heterocycles. The molecule has 3 aromatic rings. The minimum absolute atomic E-state index is 0.0444. The Hall–Kier alpha value is -5.60. The number of morpholine rings is 1. The first-order valence-corrected chi connectivity index (χ1v) is 22.7. The number of carbonyl (C=O) groups excluding carboxylic acids is 3. The predicted octanol–water partition coefficient (Wildman–Crippen LogP) is 2.94. The number of hydrogen-bond donors (Lipinski definition) is 4. The maximum absolute atomic E-state index is 15.7. The molecule has 20 heteroatoms. The number of hydrogen-bond acceptors (Lipinski definition) is 13. The summed E-state index contributed by atoms with van der Waals surface area (Å²) in [5.41, 5.74) is 12.4. The Morgan fingerprint density at radius 2 is 1.89 bits per heavy atom. The highest BCUT2D eigenvalue weighted by Gasteiger charge is 2.41. The Bertz CT molecular complexity index is 2460. The van der Waals surface area contributed by atoms with Gasteiger partial charge in [-0.3, -0.25) is 38.7 Å². The smallest absolute Gasteiger partial charge is 0.329 e. The number of imidazole rings is 1. The molecule has 2 saturated carbocycles. The summed E-state index contributed by atoms with van der Waals surface area (Å²) in [5.74, 6) is -0.520. The number of nitrogens with two attached hydrogens (primary N) is 2. The van der Waals surface area contributed by atoms with E-state index in [1.54, 1.807) is 17.7 Å². The van der Waals surface area contributed by atoms with E-state index in [0.29, 0.717) is 69.1 Å². The number of carbonyl (C=O) groups is 3. The number of halogens is 3. The number of fused-ring (bicyclic) bond motifs is 3. The average Bonchev–Trinajstić information content (AvgIpc) is 3.99. The minimum Gasteiger partial charge on any atom is -0.404 e. The van der Waals surface area contributed by atoms with E-state index in [1.807, 2.05) is 18.2 Å². The number of anilines is 1. The lowest BCUT2D eigenvalue weighted by molar-refractivity contribution is -0.135. The molecular formula is C45H56F3N11O6. The molecule has 0 spiro atoms. The van der Waals surface area contributed by atoms with E-state index in [2.05, 4.69) is 35.4 Å². The van der Waals surface area contributed by atoms with Crippen molar-refractivity contribution in [2.24, 2.45) is 29.4 Å². The molecule has 348 valence electrons. The van der Waals surface area contributed by atoms with Crippen molar-refractivity contribution in [3.05, 3.63) is 69.9 Å². The molecule has 4 aliphatic heterocycles. The van der Waals surface area contributed by atoms with Gasteiger partial charge in [0.2, 0.25) is 11.8 Å². The Balaban J connectivity index is 0.736. The van der Waals surface area contributed by atoms with Crippen molar-refractivity contribution in [3.63, 3.8) is 0 Å². The topological polar surface area (TPSA) is 217 Å². The second-order valence-corrected chi connectivity index (χ2v) is 18.3. The molecule has 2 bridgehead atoms. The number of piperidine rings is 2. The van der Waals surface area contributed by atoms with Gasteiger partial charge >= 0.3 is 5.69 Å². The van der Waals surface area contributed by atoms with Crippen molar-refractivity contribution in [3.8, 4) is 0 Å². The maximum atomic E-state index is 15.7. The summed E-state index contributed by atoms with van der Waals surface area (Å²) in [7, 11) is 1.69. The predicted molar refractivity (Wildman–Crippen MR) is 234 cm³/mol. The summed E-state index contributed by atoms with van der Waals surface area (Å²) in [6, 6.07) is 6.69. The Labute approximate surface area is 373 Å². The van der Waals surface area contributed by atoms with Gasteiger partial charge in [-0.05, 0) is 87.3 Å². The van der Waals surface area contributed by atoms with E-state index in [4.69, 9.17) is 20.9 Å². The average molecular weight is 904 g/mol. The third-order valence-corrected chi connectivity index (χ3v) is 14.2. The number of amides is 3. The third kappa shape index (κ3) is 9.16. The number of nitrogens with zero attached hydrogens (tertiary/aromatic N) is 7. The molecule has 6 aliphatic rings. The van der Waals surface area contributed by atoms with Gasteiger partial charge in [-0.1, -0.05) is 12.1 Å². The number of ether oxygens (including phenoxy) is 2. The lowest BCUT2D eigenvalue weighted by Crippen LogP contribution is -2.49. The van der Waals surface area contributed by atoms with Crippen LogP contribution in [0.3, 0.4) is 0 Å². The lowest BCUT2D eigenvalue weighted by Gasteiger charge is -2.42.